The van der Waals surface area contributed by atoms with E-state index in [1.807, 2.05) is 5.43 Å². The topological polar surface area (TPSA) is 112 Å². The summed E-state index contributed by atoms with van der Waals surface area (Å²) in [4.78, 5) is 39.0. The van der Waals surface area contributed by atoms with Crippen molar-refractivity contribution in [1.29, 1.82) is 0 Å². The first-order chi connectivity index (χ1) is 11.7. The van der Waals surface area contributed by atoms with Crippen LogP contribution < -0.4 is 10.9 Å². The molecular formula is C14H13F3N4O4. The molecule has 1 aliphatic carbocycles. The number of hydrogen-bond donors (Lipinski definition) is 3. The Morgan fingerprint density at radius 1 is 1.20 bits per heavy atom. The molecule has 1 unspecified atom stereocenters. The Kier molecular flexibility index (Phi) is 4.01. The minimum Gasteiger partial charge on any atom is -0.465 e. The molecule has 3 amide bonds. The number of fused-ring (bicyclic) bond motifs is 1. The highest BCUT2D eigenvalue weighted by atomic mass is 19.4. The van der Waals surface area contributed by atoms with Gasteiger partial charge in [0.25, 0.3) is 5.91 Å². The third-order valence-corrected chi connectivity index (χ3v) is 4.39. The van der Waals surface area contributed by atoms with Crippen molar-refractivity contribution in [2.75, 3.05) is 13.1 Å². The SMILES string of the molecule is O=C(NNC(=O)C1[C@H]2CN(C(=O)O)C[C@@H]12)c1cccnc1C(F)(F)F. The summed E-state index contributed by atoms with van der Waals surface area (Å²) in [5, 5.41) is 8.84. The van der Waals surface area contributed by atoms with Crippen LogP contribution in [0.15, 0.2) is 18.3 Å². The van der Waals surface area contributed by atoms with Crippen molar-refractivity contribution in [2.45, 2.75) is 6.18 Å². The Bertz CT molecular complexity index is 727. The van der Waals surface area contributed by atoms with E-state index in [2.05, 4.69) is 10.4 Å². The molecule has 2 heterocycles. The number of likely N-dealkylation sites (tertiary alicyclic amines) is 1. The van der Waals surface area contributed by atoms with Gasteiger partial charge in [-0.15, -0.1) is 0 Å². The zero-order valence-corrected chi connectivity index (χ0v) is 12.6. The molecule has 3 atom stereocenters. The number of rotatable bonds is 2. The van der Waals surface area contributed by atoms with E-state index >= 15 is 0 Å². The third-order valence-electron chi connectivity index (χ3n) is 4.39. The van der Waals surface area contributed by atoms with Gasteiger partial charge in [-0.1, -0.05) is 0 Å². The number of halogens is 3. The number of piperidine rings is 1. The van der Waals surface area contributed by atoms with Crippen molar-refractivity contribution < 1.29 is 32.7 Å². The highest BCUT2D eigenvalue weighted by Gasteiger charge is 2.60. The molecule has 0 spiro atoms. The zero-order chi connectivity index (χ0) is 18.4. The summed E-state index contributed by atoms with van der Waals surface area (Å²) >= 11 is 0. The molecule has 0 radical (unpaired) electrons. The molecule has 3 N–H and O–H groups in total. The Balaban J connectivity index is 1.56. The molecule has 1 saturated heterocycles. The molecule has 2 fully saturated rings. The number of alkyl halides is 3. The Hall–Kier alpha value is -2.85. The molecule has 25 heavy (non-hydrogen) atoms. The van der Waals surface area contributed by atoms with E-state index < -0.39 is 41.3 Å². The van der Waals surface area contributed by atoms with Crippen LogP contribution in [0.1, 0.15) is 16.1 Å². The second kappa shape index (κ2) is 5.90. The number of hydrazine groups is 1. The van der Waals surface area contributed by atoms with E-state index in [0.29, 0.717) is 0 Å². The highest BCUT2D eigenvalue weighted by molar-refractivity contribution is 5.97. The van der Waals surface area contributed by atoms with Crippen LogP contribution in [0.4, 0.5) is 18.0 Å². The van der Waals surface area contributed by atoms with Crippen LogP contribution >= 0.6 is 0 Å². The number of nitrogens with one attached hydrogen (secondary N) is 2. The predicted molar refractivity (Wildman–Crippen MR) is 74.9 cm³/mol. The lowest BCUT2D eigenvalue weighted by Gasteiger charge is -2.16. The number of amides is 3. The van der Waals surface area contributed by atoms with Gasteiger partial charge < -0.3 is 10.0 Å². The molecule has 0 bridgehead atoms. The van der Waals surface area contributed by atoms with E-state index in [4.69, 9.17) is 5.11 Å². The molecule has 1 saturated carbocycles. The zero-order valence-electron chi connectivity index (χ0n) is 12.6. The van der Waals surface area contributed by atoms with Gasteiger partial charge in [-0.2, -0.15) is 13.2 Å². The van der Waals surface area contributed by atoms with Gasteiger partial charge in [0, 0.05) is 25.2 Å². The largest absolute Gasteiger partial charge is 0.465 e. The molecular weight excluding hydrogens is 345 g/mol. The summed E-state index contributed by atoms with van der Waals surface area (Å²) in [5.41, 5.74) is 1.99. The van der Waals surface area contributed by atoms with Crippen LogP contribution in [0.25, 0.3) is 0 Å². The first-order valence-electron chi connectivity index (χ1n) is 7.30. The van der Waals surface area contributed by atoms with Crippen LogP contribution in [-0.4, -0.2) is 46.0 Å². The lowest BCUT2D eigenvalue weighted by molar-refractivity contribution is -0.141. The van der Waals surface area contributed by atoms with Crippen LogP contribution in [0.3, 0.4) is 0 Å². The predicted octanol–water partition coefficient (Wildman–Crippen LogP) is 0.717. The van der Waals surface area contributed by atoms with E-state index in [1.165, 1.54) is 11.0 Å². The number of carbonyl (C=O) groups excluding carboxylic acids is 2. The molecule has 1 aromatic heterocycles. The van der Waals surface area contributed by atoms with E-state index in [9.17, 15) is 27.6 Å². The van der Waals surface area contributed by atoms with Crippen LogP contribution in [-0.2, 0) is 11.0 Å². The first-order valence-corrected chi connectivity index (χ1v) is 7.30. The maximum Gasteiger partial charge on any atom is 0.434 e. The van der Waals surface area contributed by atoms with Gasteiger partial charge in [-0.25, -0.2) is 4.79 Å². The minimum absolute atomic E-state index is 0.128. The number of pyridine rings is 1. The number of carboxylic acid groups (broad SMARTS) is 1. The fraction of sp³-hybridized carbons (Fsp3) is 0.429. The third kappa shape index (κ3) is 3.21. The lowest BCUT2D eigenvalue weighted by Crippen LogP contribution is -2.44. The normalized spacial score (nSPS) is 24.4. The van der Waals surface area contributed by atoms with E-state index in [-0.39, 0.29) is 24.9 Å². The number of nitrogens with zero attached hydrogens (tertiary/aromatic N) is 2. The molecule has 1 aromatic rings. The molecule has 11 heteroatoms. The molecule has 0 aromatic carbocycles. The van der Waals surface area contributed by atoms with Gasteiger partial charge >= 0.3 is 12.3 Å². The van der Waals surface area contributed by atoms with Gasteiger partial charge in [0.05, 0.1) is 5.56 Å². The van der Waals surface area contributed by atoms with Crippen LogP contribution in [0.5, 0.6) is 0 Å². The Morgan fingerprint density at radius 3 is 2.40 bits per heavy atom. The number of hydrogen-bond acceptors (Lipinski definition) is 4. The molecule has 134 valence electrons. The summed E-state index contributed by atoms with van der Waals surface area (Å²) in [5.74, 6) is -2.39. The van der Waals surface area contributed by atoms with Crippen LogP contribution in [0, 0.1) is 17.8 Å². The van der Waals surface area contributed by atoms with E-state index in [1.54, 1.807) is 0 Å². The fourth-order valence-electron chi connectivity index (χ4n) is 3.15. The van der Waals surface area contributed by atoms with Gasteiger partial charge in [0.2, 0.25) is 5.91 Å². The smallest absolute Gasteiger partial charge is 0.434 e. The monoisotopic (exact) mass is 358 g/mol. The van der Waals surface area contributed by atoms with Crippen molar-refractivity contribution in [2.24, 2.45) is 17.8 Å². The molecule has 2 aliphatic rings. The van der Waals surface area contributed by atoms with Crippen molar-refractivity contribution >= 4 is 17.9 Å². The van der Waals surface area contributed by atoms with Gasteiger partial charge in [0.15, 0.2) is 5.69 Å². The number of carbonyl (C=O) groups is 3. The molecule has 3 rings (SSSR count). The van der Waals surface area contributed by atoms with Crippen molar-refractivity contribution in [3.05, 3.63) is 29.6 Å². The Morgan fingerprint density at radius 2 is 1.84 bits per heavy atom. The highest BCUT2D eigenvalue weighted by Crippen LogP contribution is 2.51. The average molecular weight is 358 g/mol. The summed E-state index contributed by atoms with van der Waals surface area (Å²) in [7, 11) is 0. The van der Waals surface area contributed by atoms with Gasteiger partial charge in [0.1, 0.15) is 0 Å². The first kappa shape index (κ1) is 17.0. The Labute approximate surface area is 139 Å². The van der Waals surface area contributed by atoms with Crippen molar-refractivity contribution in [1.82, 2.24) is 20.7 Å². The molecule has 1 aliphatic heterocycles. The van der Waals surface area contributed by atoms with Crippen LogP contribution in [0.2, 0.25) is 0 Å². The van der Waals surface area contributed by atoms with Gasteiger partial charge in [-0.05, 0) is 24.0 Å². The lowest BCUT2D eigenvalue weighted by atomic mass is 10.2. The quantitative estimate of drug-likeness (QED) is 0.675. The van der Waals surface area contributed by atoms with Crippen molar-refractivity contribution in [3.8, 4) is 0 Å². The summed E-state index contributed by atoms with van der Waals surface area (Å²) < 4.78 is 38.5. The molecule has 8 nitrogen and oxygen atoms in total. The fourth-order valence-corrected chi connectivity index (χ4v) is 3.15. The summed E-state index contributed by atoms with van der Waals surface area (Å²) in [6.07, 6.45) is -4.94. The van der Waals surface area contributed by atoms with E-state index in [0.717, 1.165) is 12.3 Å². The number of aromatic nitrogens is 1. The summed E-state index contributed by atoms with van der Waals surface area (Å²) in [6.45, 7) is 0.458. The minimum atomic E-state index is -4.80. The average Bonchev–Trinajstić information content (AvgIpc) is 3.05. The van der Waals surface area contributed by atoms with Crippen molar-refractivity contribution in [3.63, 3.8) is 0 Å². The maximum atomic E-state index is 12.8. The standard InChI is InChI=1S/C14H13F3N4O4/c15-14(16,17)10-6(2-1-3-18-10)11(22)19-20-12(23)9-7-4-21(13(24)25)5-8(7)9/h1-3,7-9H,4-5H2,(H,19,22)(H,20,23)(H,24,25)/t7-,8+,9?. The van der Waals surface area contributed by atoms with Gasteiger partial charge in [-0.3, -0.25) is 25.4 Å². The second-order valence-corrected chi connectivity index (χ2v) is 5.88. The summed E-state index contributed by atoms with van der Waals surface area (Å²) in [6, 6.07) is 2.13. The maximum absolute atomic E-state index is 12.8. The second-order valence-electron chi connectivity index (χ2n) is 5.88.